The van der Waals surface area contributed by atoms with Gasteiger partial charge in [-0.2, -0.15) is 0 Å². The van der Waals surface area contributed by atoms with E-state index in [0.717, 1.165) is 0 Å². The number of aromatic nitrogens is 1. The Balaban J connectivity index is 1.93. The van der Waals surface area contributed by atoms with Gasteiger partial charge in [-0.15, -0.1) is 0 Å². The Hall–Kier alpha value is -2.08. The zero-order valence-electron chi connectivity index (χ0n) is 9.04. The second kappa shape index (κ2) is 5.31. The monoisotopic (exact) mass is 250 g/mol. The number of hydrogen-bond donors (Lipinski definition) is 1. The van der Waals surface area contributed by atoms with Crippen LogP contribution in [0.3, 0.4) is 0 Å². The molecule has 5 nitrogen and oxygen atoms in total. The van der Waals surface area contributed by atoms with E-state index in [9.17, 15) is 4.79 Å². The van der Waals surface area contributed by atoms with Gasteiger partial charge >= 0.3 is 0 Å². The molecule has 0 radical (unpaired) electrons. The smallest absolute Gasteiger partial charge is 0.250 e. The number of furan rings is 1. The molecule has 0 fully saturated rings. The lowest BCUT2D eigenvalue weighted by atomic mass is 10.4. The molecule has 2 rings (SSSR count). The highest BCUT2D eigenvalue weighted by atomic mass is 32.1. The van der Waals surface area contributed by atoms with Crippen LogP contribution in [0.25, 0.3) is 6.08 Å². The molecule has 0 spiro atoms. The molecule has 88 valence electrons. The summed E-state index contributed by atoms with van der Waals surface area (Å²) >= 11 is 1.26. The molecule has 2 aromatic rings. The number of methoxy groups -OCH3 is 1. The van der Waals surface area contributed by atoms with Gasteiger partial charge in [-0.25, -0.2) is 4.98 Å². The zero-order valence-corrected chi connectivity index (χ0v) is 9.86. The summed E-state index contributed by atoms with van der Waals surface area (Å²) in [7, 11) is 1.55. The van der Waals surface area contributed by atoms with Gasteiger partial charge in [0.05, 0.1) is 19.6 Å². The van der Waals surface area contributed by atoms with Crippen molar-refractivity contribution in [2.45, 2.75) is 0 Å². The molecule has 0 aliphatic rings. The number of carbonyl (C=O) groups is 1. The van der Waals surface area contributed by atoms with Crippen molar-refractivity contribution in [3.63, 3.8) is 0 Å². The van der Waals surface area contributed by atoms with Crippen molar-refractivity contribution >= 4 is 28.5 Å². The summed E-state index contributed by atoms with van der Waals surface area (Å²) in [6.45, 7) is 0. The fourth-order valence-corrected chi connectivity index (χ4v) is 1.74. The first-order valence-corrected chi connectivity index (χ1v) is 5.62. The lowest BCUT2D eigenvalue weighted by molar-refractivity contribution is -0.111. The van der Waals surface area contributed by atoms with Crippen LogP contribution in [0.2, 0.25) is 0 Å². The van der Waals surface area contributed by atoms with E-state index in [1.54, 1.807) is 37.8 Å². The summed E-state index contributed by atoms with van der Waals surface area (Å²) < 4.78 is 10.0. The summed E-state index contributed by atoms with van der Waals surface area (Å²) in [5.74, 6) is 0.357. The highest BCUT2D eigenvalue weighted by Gasteiger charge is 2.04. The van der Waals surface area contributed by atoms with Crippen molar-refractivity contribution < 1.29 is 13.9 Å². The molecule has 2 heterocycles. The van der Waals surface area contributed by atoms with E-state index in [-0.39, 0.29) is 5.91 Å². The van der Waals surface area contributed by atoms with Gasteiger partial charge in [-0.05, 0) is 18.2 Å². The Morgan fingerprint density at radius 2 is 2.53 bits per heavy atom. The molecule has 0 unspecified atom stereocenters. The number of rotatable bonds is 4. The highest BCUT2D eigenvalue weighted by Crippen LogP contribution is 2.24. The molecule has 0 aliphatic carbocycles. The predicted octanol–water partition coefficient (Wildman–Crippen LogP) is 2.40. The second-order valence-corrected chi connectivity index (χ2v) is 4.02. The first-order chi connectivity index (χ1) is 8.28. The molecule has 0 atom stereocenters. The molecular weight excluding hydrogens is 240 g/mol. The molecule has 0 aromatic carbocycles. The Kier molecular flexibility index (Phi) is 3.56. The molecule has 0 aliphatic heterocycles. The normalized spacial score (nSPS) is 10.6. The number of anilines is 1. The molecule has 0 bridgehead atoms. The van der Waals surface area contributed by atoms with Crippen molar-refractivity contribution in [2.24, 2.45) is 0 Å². The van der Waals surface area contributed by atoms with Crippen LogP contribution in [0.15, 0.2) is 35.1 Å². The van der Waals surface area contributed by atoms with Crippen LogP contribution in [0.4, 0.5) is 5.13 Å². The number of nitrogens with one attached hydrogen (secondary N) is 1. The van der Waals surface area contributed by atoms with Crippen molar-refractivity contribution in [3.05, 3.63) is 36.4 Å². The number of hydrogen-bond acceptors (Lipinski definition) is 5. The Morgan fingerprint density at radius 1 is 1.65 bits per heavy atom. The van der Waals surface area contributed by atoms with E-state index in [1.165, 1.54) is 17.4 Å². The molecule has 6 heteroatoms. The van der Waals surface area contributed by atoms with E-state index >= 15 is 0 Å². The average molecular weight is 250 g/mol. The SMILES string of the molecule is COc1cnc(NC(=O)C=Cc2ccco2)s1. The topological polar surface area (TPSA) is 64.4 Å². The minimum Gasteiger partial charge on any atom is -0.486 e. The fourth-order valence-electron chi connectivity index (χ4n) is 1.10. The van der Waals surface area contributed by atoms with Gasteiger partial charge < -0.3 is 9.15 Å². The molecular formula is C11H10N2O3S. The quantitative estimate of drug-likeness (QED) is 0.846. The van der Waals surface area contributed by atoms with Gasteiger partial charge in [0.15, 0.2) is 10.2 Å². The minimum atomic E-state index is -0.265. The highest BCUT2D eigenvalue weighted by molar-refractivity contribution is 7.17. The standard InChI is InChI=1S/C11H10N2O3S/c1-15-10-7-12-11(17-10)13-9(14)5-4-8-3-2-6-16-8/h2-7H,1H3,(H,12,13,14). The van der Waals surface area contributed by atoms with Gasteiger partial charge in [0.25, 0.3) is 0 Å². The lowest BCUT2D eigenvalue weighted by Crippen LogP contribution is -2.06. The maximum Gasteiger partial charge on any atom is 0.250 e. The van der Waals surface area contributed by atoms with Gasteiger partial charge in [0.2, 0.25) is 5.91 Å². The number of ether oxygens (including phenoxy) is 1. The fraction of sp³-hybridized carbons (Fsp3) is 0.0909. The third-order valence-electron chi connectivity index (χ3n) is 1.86. The summed E-state index contributed by atoms with van der Waals surface area (Å²) in [6, 6.07) is 3.51. The largest absolute Gasteiger partial charge is 0.486 e. The van der Waals surface area contributed by atoms with Crippen LogP contribution in [-0.4, -0.2) is 18.0 Å². The Bertz CT molecular complexity index is 517. The van der Waals surface area contributed by atoms with Crippen LogP contribution in [-0.2, 0) is 4.79 Å². The number of thiazole rings is 1. The molecule has 1 N–H and O–H groups in total. The van der Waals surface area contributed by atoms with E-state index in [4.69, 9.17) is 9.15 Å². The summed E-state index contributed by atoms with van der Waals surface area (Å²) in [6.07, 6.45) is 6.06. The molecule has 1 amide bonds. The molecule has 17 heavy (non-hydrogen) atoms. The maximum atomic E-state index is 11.5. The number of nitrogens with zero attached hydrogens (tertiary/aromatic N) is 1. The van der Waals surface area contributed by atoms with Crippen LogP contribution in [0.1, 0.15) is 5.76 Å². The van der Waals surface area contributed by atoms with Gasteiger partial charge in [0.1, 0.15) is 5.76 Å². The zero-order chi connectivity index (χ0) is 12.1. The van der Waals surface area contributed by atoms with E-state index < -0.39 is 0 Å². The van der Waals surface area contributed by atoms with Crippen LogP contribution >= 0.6 is 11.3 Å². The molecule has 0 saturated heterocycles. The first kappa shape index (κ1) is 11.4. The third kappa shape index (κ3) is 3.18. The Labute approximate surface area is 102 Å². The first-order valence-electron chi connectivity index (χ1n) is 4.80. The Morgan fingerprint density at radius 3 is 3.18 bits per heavy atom. The van der Waals surface area contributed by atoms with Gasteiger partial charge in [-0.3, -0.25) is 10.1 Å². The van der Waals surface area contributed by atoms with Crippen molar-refractivity contribution in [1.29, 1.82) is 0 Å². The lowest BCUT2D eigenvalue weighted by Gasteiger charge is -1.94. The van der Waals surface area contributed by atoms with Crippen molar-refractivity contribution in [3.8, 4) is 5.06 Å². The summed E-state index contributed by atoms with van der Waals surface area (Å²) in [5.41, 5.74) is 0. The second-order valence-electron chi connectivity index (χ2n) is 3.03. The average Bonchev–Trinajstić information content (AvgIpc) is 2.97. The van der Waals surface area contributed by atoms with Gasteiger partial charge in [-0.1, -0.05) is 11.3 Å². The van der Waals surface area contributed by atoms with E-state index in [2.05, 4.69) is 10.3 Å². The predicted molar refractivity (Wildman–Crippen MR) is 65.0 cm³/mol. The number of carbonyl (C=O) groups excluding carboxylic acids is 1. The molecule has 0 saturated carbocycles. The van der Waals surface area contributed by atoms with Gasteiger partial charge in [0, 0.05) is 6.08 Å². The van der Waals surface area contributed by atoms with Crippen molar-refractivity contribution in [1.82, 2.24) is 4.98 Å². The summed E-state index contributed by atoms with van der Waals surface area (Å²) in [4.78, 5) is 15.5. The van der Waals surface area contributed by atoms with Crippen molar-refractivity contribution in [2.75, 3.05) is 12.4 Å². The van der Waals surface area contributed by atoms with E-state index in [0.29, 0.717) is 16.0 Å². The maximum absolute atomic E-state index is 11.5. The number of amides is 1. The molecule has 2 aromatic heterocycles. The van der Waals surface area contributed by atoms with E-state index in [1.807, 2.05) is 0 Å². The van der Waals surface area contributed by atoms with Crippen LogP contribution < -0.4 is 10.1 Å². The minimum absolute atomic E-state index is 0.265. The third-order valence-corrected chi connectivity index (χ3v) is 2.73. The summed E-state index contributed by atoms with van der Waals surface area (Å²) in [5, 5.41) is 3.76. The van der Waals surface area contributed by atoms with Crippen LogP contribution in [0, 0.1) is 0 Å². The van der Waals surface area contributed by atoms with Crippen LogP contribution in [0.5, 0.6) is 5.06 Å².